The summed E-state index contributed by atoms with van der Waals surface area (Å²) < 4.78 is 11.6. The Balaban J connectivity index is 1.08. The van der Waals surface area contributed by atoms with Crippen molar-refractivity contribution < 1.29 is 28.7 Å². The van der Waals surface area contributed by atoms with Gasteiger partial charge in [0, 0.05) is 52.1 Å². The number of nitrogens with one attached hydrogen (secondary N) is 3. The Morgan fingerprint density at radius 1 is 0.929 bits per heavy atom. The molecule has 214 valence electrons. The van der Waals surface area contributed by atoms with E-state index in [4.69, 9.17) is 9.47 Å². The van der Waals surface area contributed by atoms with Crippen molar-refractivity contribution in [2.45, 2.75) is 24.8 Å². The van der Waals surface area contributed by atoms with Gasteiger partial charge in [-0.2, -0.15) is 0 Å². The third kappa shape index (κ3) is 5.65. The van der Waals surface area contributed by atoms with Crippen LogP contribution in [-0.4, -0.2) is 76.5 Å². The molecule has 0 saturated carbocycles. The average molecular weight is 568 g/mol. The first kappa shape index (κ1) is 27.3. The monoisotopic (exact) mass is 567 g/mol. The molecule has 3 N–H and O–H groups in total. The van der Waals surface area contributed by atoms with Crippen LogP contribution < -0.4 is 10.6 Å². The maximum Gasteiger partial charge on any atom is 0.251 e. The Hall–Kier alpha value is -4.87. The number of rotatable bonds is 8. The standard InChI is InChI=1S/C31H29N5O6/c37-27(18-34-29(39)22-8-6-21(7-9-22)28(38)20-4-2-1-3-5-20)36-19-31(41-12-13-42-31)15-26(36)30(40)33-17-24-14-23-16-32-11-10-25(23)35-24/h1-11,14,16,26,35H,12-13,15,17-19H2,(H,33,40)(H,34,39)/t26-/m0/s1. The summed E-state index contributed by atoms with van der Waals surface area (Å²) in [6.07, 6.45) is 3.61. The van der Waals surface area contributed by atoms with Gasteiger partial charge >= 0.3 is 0 Å². The smallest absolute Gasteiger partial charge is 0.251 e. The molecule has 4 heterocycles. The lowest BCUT2D eigenvalue weighted by Crippen LogP contribution is -2.49. The Kier molecular flexibility index (Phi) is 7.51. The first-order valence-corrected chi connectivity index (χ1v) is 13.7. The van der Waals surface area contributed by atoms with Gasteiger partial charge < -0.3 is 30.0 Å². The predicted molar refractivity (Wildman–Crippen MR) is 151 cm³/mol. The van der Waals surface area contributed by atoms with Crippen molar-refractivity contribution in [3.63, 3.8) is 0 Å². The fraction of sp³-hybridized carbons (Fsp3) is 0.258. The number of fused-ring (bicyclic) bond motifs is 1. The zero-order valence-corrected chi connectivity index (χ0v) is 22.7. The second kappa shape index (κ2) is 11.6. The van der Waals surface area contributed by atoms with E-state index in [-0.39, 0.29) is 37.7 Å². The summed E-state index contributed by atoms with van der Waals surface area (Å²) in [6.45, 7) is 0.741. The highest BCUT2D eigenvalue weighted by atomic mass is 16.7. The molecule has 0 radical (unpaired) electrons. The molecule has 0 aliphatic carbocycles. The van der Waals surface area contributed by atoms with Crippen molar-refractivity contribution in [1.29, 1.82) is 0 Å². The number of hydrogen-bond acceptors (Lipinski definition) is 7. The Morgan fingerprint density at radius 3 is 2.38 bits per heavy atom. The van der Waals surface area contributed by atoms with Crippen LogP contribution in [0.2, 0.25) is 0 Å². The van der Waals surface area contributed by atoms with Crippen LogP contribution >= 0.6 is 0 Å². The maximum absolute atomic E-state index is 13.3. The number of benzene rings is 2. The topological polar surface area (TPSA) is 143 Å². The second-order valence-corrected chi connectivity index (χ2v) is 10.3. The van der Waals surface area contributed by atoms with Crippen LogP contribution in [0.15, 0.2) is 79.1 Å². The molecule has 3 amide bonds. The summed E-state index contributed by atoms with van der Waals surface area (Å²) in [7, 11) is 0. The quantitative estimate of drug-likeness (QED) is 0.277. The maximum atomic E-state index is 13.3. The molecule has 1 atom stereocenters. The Bertz CT molecular complexity index is 1600. The third-order valence-electron chi connectivity index (χ3n) is 7.50. The molecule has 2 aliphatic rings. The zero-order chi connectivity index (χ0) is 29.1. The summed E-state index contributed by atoms with van der Waals surface area (Å²) in [5.41, 5.74) is 3.01. The SMILES string of the molecule is O=C(NCC(=O)N1CC2(C[C@H]1C(=O)NCc1cc3cnccc3[nH]1)OCCO2)c1ccc(C(=O)c2ccccc2)cc1. The molecule has 4 aromatic rings. The molecular formula is C31H29N5O6. The van der Waals surface area contributed by atoms with E-state index < -0.39 is 23.6 Å². The average Bonchev–Trinajstić information content (AvgIpc) is 3.77. The van der Waals surface area contributed by atoms with Crippen LogP contribution in [0.1, 0.15) is 38.4 Å². The number of aromatic amines is 1. The number of ketones is 1. The lowest BCUT2D eigenvalue weighted by atomic mass is 10.0. The summed E-state index contributed by atoms with van der Waals surface area (Å²) in [5.74, 6) is -2.45. The van der Waals surface area contributed by atoms with Crippen LogP contribution in [0.3, 0.4) is 0 Å². The van der Waals surface area contributed by atoms with E-state index in [0.717, 1.165) is 16.6 Å². The Morgan fingerprint density at radius 2 is 1.64 bits per heavy atom. The summed E-state index contributed by atoms with van der Waals surface area (Å²) >= 11 is 0. The molecule has 11 nitrogen and oxygen atoms in total. The van der Waals surface area contributed by atoms with Crippen molar-refractivity contribution >= 4 is 34.4 Å². The summed E-state index contributed by atoms with van der Waals surface area (Å²) in [4.78, 5) is 60.8. The molecule has 0 bridgehead atoms. The minimum Gasteiger partial charge on any atom is -0.357 e. The minimum atomic E-state index is -1.05. The van der Waals surface area contributed by atoms with E-state index in [9.17, 15) is 19.2 Å². The number of nitrogens with zero attached hydrogens (tertiary/aromatic N) is 2. The third-order valence-corrected chi connectivity index (χ3v) is 7.50. The fourth-order valence-corrected chi connectivity index (χ4v) is 5.36. The van der Waals surface area contributed by atoms with Crippen molar-refractivity contribution in [3.8, 4) is 0 Å². The highest BCUT2D eigenvalue weighted by Crippen LogP contribution is 2.35. The van der Waals surface area contributed by atoms with Gasteiger partial charge in [-0.3, -0.25) is 24.2 Å². The molecular weight excluding hydrogens is 538 g/mol. The van der Waals surface area contributed by atoms with Gasteiger partial charge in [0.2, 0.25) is 11.8 Å². The van der Waals surface area contributed by atoms with Crippen LogP contribution in [0.5, 0.6) is 0 Å². The van der Waals surface area contributed by atoms with Gasteiger partial charge in [-0.15, -0.1) is 0 Å². The summed E-state index contributed by atoms with van der Waals surface area (Å²) in [6, 6.07) is 18.0. The molecule has 0 unspecified atom stereocenters. The second-order valence-electron chi connectivity index (χ2n) is 10.3. The lowest BCUT2D eigenvalue weighted by Gasteiger charge is -2.24. The first-order valence-electron chi connectivity index (χ1n) is 13.7. The number of H-pyrrole nitrogens is 1. The van der Waals surface area contributed by atoms with Crippen LogP contribution in [0.4, 0.5) is 0 Å². The van der Waals surface area contributed by atoms with Gasteiger partial charge in [0.25, 0.3) is 5.91 Å². The predicted octanol–water partition coefficient (Wildman–Crippen LogP) is 2.18. The van der Waals surface area contributed by atoms with E-state index in [1.54, 1.807) is 48.8 Å². The molecule has 42 heavy (non-hydrogen) atoms. The number of ether oxygens (including phenoxy) is 2. The minimum absolute atomic E-state index is 0.0775. The number of pyridine rings is 1. The molecule has 2 aliphatic heterocycles. The number of aromatic nitrogens is 2. The molecule has 2 aromatic carbocycles. The van der Waals surface area contributed by atoms with Gasteiger partial charge in [-0.1, -0.05) is 42.5 Å². The van der Waals surface area contributed by atoms with Gasteiger partial charge in [-0.25, -0.2) is 0 Å². The molecule has 6 rings (SSSR count). The molecule has 2 saturated heterocycles. The van der Waals surface area contributed by atoms with Crippen molar-refractivity contribution in [2.75, 3.05) is 26.3 Å². The van der Waals surface area contributed by atoms with E-state index in [2.05, 4.69) is 20.6 Å². The van der Waals surface area contributed by atoms with Crippen molar-refractivity contribution in [2.24, 2.45) is 0 Å². The van der Waals surface area contributed by atoms with E-state index in [1.165, 1.54) is 17.0 Å². The van der Waals surface area contributed by atoms with Gasteiger partial charge in [-0.05, 0) is 24.3 Å². The number of amides is 3. The number of hydrogen-bond donors (Lipinski definition) is 3. The summed E-state index contributed by atoms with van der Waals surface area (Å²) in [5, 5.41) is 6.46. The van der Waals surface area contributed by atoms with Crippen molar-refractivity contribution in [1.82, 2.24) is 25.5 Å². The number of likely N-dealkylation sites (tertiary alicyclic amines) is 1. The van der Waals surface area contributed by atoms with E-state index in [1.807, 2.05) is 18.2 Å². The largest absolute Gasteiger partial charge is 0.357 e. The molecule has 11 heteroatoms. The van der Waals surface area contributed by atoms with Gasteiger partial charge in [0.15, 0.2) is 11.6 Å². The number of carbonyl (C=O) groups excluding carboxylic acids is 4. The first-order chi connectivity index (χ1) is 20.4. The van der Waals surface area contributed by atoms with E-state index >= 15 is 0 Å². The molecule has 1 spiro atoms. The van der Waals surface area contributed by atoms with Crippen LogP contribution in [-0.2, 0) is 25.6 Å². The fourth-order valence-electron chi connectivity index (χ4n) is 5.36. The number of carbonyl (C=O) groups is 4. The normalized spacial score (nSPS) is 17.4. The molecule has 2 fully saturated rings. The van der Waals surface area contributed by atoms with E-state index in [0.29, 0.717) is 29.9 Å². The molecule has 2 aromatic heterocycles. The highest BCUT2D eigenvalue weighted by Gasteiger charge is 2.52. The van der Waals surface area contributed by atoms with Gasteiger partial charge in [0.1, 0.15) is 6.04 Å². The Labute approximate surface area is 241 Å². The van der Waals surface area contributed by atoms with Gasteiger partial charge in [0.05, 0.1) is 32.8 Å². The highest BCUT2D eigenvalue weighted by molar-refractivity contribution is 6.09. The van der Waals surface area contributed by atoms with Crippen LogP contribution in [0, 0.1) is 0 Å². The van der Waals surface area contributed by atoms with Crippen LogP contribution in [0.25, 0.3) is 10.9 Å². The van der Waals surface area contributed by atoms with Crippen molar-refractivity contribution in [3.05, 3.63) is 102 Å². The lowest BCUT2D eigenvalue weighted by molar-refractivity contribution is -0.152. The zero-order valence-electron chi connectivity index (χ0n) is 22.7.